The van der Waals surface area contributed by atoms with E-state index in [-0.39, 0.29) is 0 Å². The largest absolute Gasteiger partial charge is 0.313 e. The number of rotatable bonds is 4. The fourth-order valence-corrected chi connectivity index (χ4v) is 3.61. The van der Waals surface area contributed by atoms with Crippen molar-refractivity contribution in [1.82, 2.24) is 5.32 Å². The molecular weight excluding hydrogens is 242 g/mol. The van der Waals surface area contributed by atoms with Gasteiger partial charge in [-0.1, -0.05) is 56.3 Å². The second-order valence-electron chi connectivity index (χ2n) is 5.43. The number of hydrogen-bond donors (Lipinski definition) is 1. The minimum absolute atomic E-state index is 0.479. The molecule has 1 fully saturated rings. The first kappa shape index (κ1) is 13.9. The van der Waals surface area contributed by atoms with Crippen LogP contribution in [0.5, 0.6) is 0 Å². The lowest BCUT2D eigenvalue weighted by Crippen LogP contribution is -2.32. The first-order valence-corrected chi connectivity index (χ1v) is 7.56. The van der Waals surface area contributed by atoms with Gasteiger partial charge in [0.25, 0.3) is 0 Å². The fraction of sp³-hybridized carbons (Fsp3) is 0.625. The Kier molecular flexibility index (Phi) is 5.08. The zero-order chi connectivity index (χ0) is 13.0. The minimum Gasteiger partial charge on any atom is -0.313 e. The van der Waals surface area contributed by atoms with Crippen LogP contribution in [0.15, 0.2) is 24.3 Å². The van der Waals surface area contributed by atoms with Gasteiger partial charge in [0, 0.05) is 11.1 Å². The maximum absolute atomic E-state index is 5.98. The molecule has 0 spiro atoms. The van der Waals surface area contributed by atoms with Gasteiger partial charge in [-0.15, -0.1) is 0 Å². The Balaban J connectivity index is 2.18. The molecule has 2 rings (SSSR count). The second kappa shape index (κ2) is 6.58. The van der Waals surface area contributed by atoms with Crippen LogP contribution in [-0.2, 0) is 0 Å². The third kappa shape index (κ3) is 3.07. The molecule has 0 amide bonds. The lowest BCUT2D eigenvalue weighted by molar-refractivity contribution is 0.180. The summed E-state index contributed by atoms with van der Waals surface area (Å²) in [7, 11) is 2.08. The standard InChI is InChI=1S/C16H24ClN/c1-3-12-6-4-5-7-15(12)16(18-2)13-8-10-14(17)11-9-13/h8-12,15-16,18H,3-7H2,1-2H3. The molecule has 1 aromatic rings. The molecular formula is C16H24ClN. The predicted molar refractivity (Wildman–Crippen MR) is 79.0 cm³/mol. The quantitative estimate of drug-likeness (QED) is 0.823. The molecule has 1 aliphatic carbocycles. The Bertz CT molecular complexity index is 360. The molecule has 3 unspecified atom stereocenters. The van der Waals surface area contributed by atoms with Crippen LogP contribution in [-0.4, -0.2) is 7.05 Å². The molecule has 0 bridgehead atoms. The molecule has 18 heavy (non-hydrogen) atoms. The summed E-state index contributed by atoms with van der Waals surface area (Å²) in [6.45, 7) is 2.33. The van der Waals surface area contributed by atoms with Gasteiger partial charge in [-0.25, -0.2) is 0 Å². The van der Waals surface area contributed by atoms with Crippen molar-refractivity contribution in [3.63, 3.8) is 0 Å². The summed E-state index contributed by atoms with van der Waals surface area (Å²) >= 11 is 5.98. The van der Waals surface area contributed by atoms with E-state index in [1.54, 1.807) is 0 Å². The Morgan fingerprint density at radius 1 is 1.22 bits per heavy atom. The molecule has 1 nitrogen and oxygen atoms in total. The molecule has 1 aromatic carbocycles. The predicted octanol–water partition coefficient (Wildman–Crippen LogP) is 4.82. The van der Waals surface area contributed by atoms with Crippen LogP contribution in [0, 0.1) is 11.8 Å². The van der Waals surface area contributed by atoms with E-state index in [4.69, 9.17) is 11.6 Å². The van der Waals surface area contributed by atoms with E-state index in [1.807, 2.05) is 12.1 Å². The average molecular weight is 266 g/mol. The number of benzene rings is 1. The van der Waals surface area contributed by atoms with Gasteiger partial charge in [0.1, 0.15) is 0 Å². The van der Waals surface area contributed by atoms with Crippen LogP contribution in [0.2, 0.25) is 5.02 Å². The van der Waals surface area contributed by atoms with E-state index in [1.165, 1.54) is 37.7 Å². The van der Waals surface area contributed by atoms with Crippen molar-refractivity contribution in [1.29, 1.82) is 0 Å². The van der Waals surface area contributed by atoms with Crippen LogP contribution in [0.25, 0.3) is 0 Å². The van der Waals surface area contributed by atoms with Gasteiger partial charge >= 0.3 is 0 Å². The third-order valence-corrected chi connectivity index (χ3v) is 4.71. The molecule has 1 N–H and O–H groups in total. The van der Waals surface area contributed by atoms with Gasteiger partial charge < -0.3 is 5.32 Å². The summed E-state index contributed by atoms with van der Waals surface area (Å²) in [5.74, 6) is 1.64. The summed E-state index contributed by atoms with van der Waals surface area (Å²) in [4.78, 5) is 0. The van der Waals surface area contributed by atoms with E-state index in [2.05, 4.69) is 31.4 Å². The molecule has 1 aliphatic rings. The van der Waals surface area contributed by atoms with Crippen LogP contribution in [0.3, 0.4) is 0 Å². The first-order chi connectivity index (χ1) is 8.76. The lowest BCUT2D eigenvalue weighted by Gasteiger charge is -2.37. The van der Waals surface area contributed by atoms with Gasteiger partial charge in [0.05, 0.1) is 0 Å². The van der Waals surface area contributed by atoms with Crippen molar-refractivity contribution in [2.45, 2.75) is 45.1 Å². The molecule has 0 heterocycles. The van der Waals surface area contributed by atoms with Crippen LogP contribution >= 0.6 is 11.6 Å². The first-order valence-electron chi connectivity index (χ1n) is 7.19. The summed E-state index contributed by atoms with van der Waals surface area (Å²) < 4.78 is 0. The van der Waals surface area contributed by atoms with Gasteiger partial charge in [-0.3, -0.25) is 0 Å². The highest BCUT2D eigenvalue weighted by molar-refractivity contribution is 6.30. The Labute approximate surface area is 116 Å². The molecule has 1 saturated carbocycles. The Morgan fingerprint density at radius 3 is 2.50 bits per heavy atom. The summed E-state index contributed by atoms with van der Waals surface area (Å²) in [6, 6.07) is 8.83. The lowest BCUT2D eigenvalue weighted by atomic mass is 9.72. The summed E-state index contributed by atoms with van der Waals surface area (Å²) in [5, 5.41) is 4.35. The average Bonchev–Trinajstić information content (AvgIpc) is 2.42. The number of nitrogens with one attached hydrogen (secondary N) is 1. The summed E-state index contributed by atoms with van der Waals surface area (Å²) in [5.41, 5.74) is 1.38. The van der Waals surface area contributed by atoms with E-state index < -0.39 is 0 Å². The monoisotopic (exact) mass is 265 g/mol. The minimum atomic E-state index is 0.479. The fourth-order valence-electron chi connectivity index (χ4n) is 3.48. The van der Waals surface area contributed by atoms with Gasteiger partial charge in [-0.2, -0.15) is 0 Å². The third-order valence-electron chi connectivity index (χ3n) is 4.46. The van der Waals surface area contributed by atoms with E-state index in [0.29, 0.717) is 6.04 Å². The van der Waals surface area contributed by atoms with Crippen LogP contribution < -0.4 is 5.32 Å². The Hall–Kier alpha value is -0.530. The van der Waals surface area contributed by atoms with E-state index >= 15 is 0 Å². The maximum atomic E-state index is 5.98. The normalized spacial score (nSPS) is 25.9. The van der Waals surface area contributed by atoms with Crippen molar-refractivity contribution >= 4 is 11.6 Å². The smallest absolute Gasteiger partial charge is 0.0406 e. The molecule has 0 saturated heterocycles. The molecule has 2 heteroatoms. The van der Waals surface area contributed by atoms with Crippen LogP contribution in [0.1, 0.15) is 50.6 Å². The topological polar surface area (TPSA) is 12.0 Å². The summed E-state index contributed by atoms with van der Waals surface area (Å²) in [6.07, 6.45) is 6.84. The van der Waals surface area contributed by atoms with Crippen molar-refractivity contribution in [2.75, 3.05) is 7.05 Å². The van der Waals surface area contributed by atoms with Gasteiger partial charge in [0.2, 0.25) is 0 Å². The van der Waals surface area contributed by atoms with Crippen LogP contribution in [0.4, 0.5) is 0 Å². The van der Waals surface area contributed by atoms with E-state index in [9.17, 15) is 0 Å². The van der Waals surface area contributed by atoms with E-state index in [0.717, 1.165) is 16.9 Å². The number of hydrogen-bond acceptors (Lipinski definition) is 1. The van der Waals surface area contributed by atoms with Crippen molar-refractivity contribution in [2.24, 2.45) is 11.8 Å². The SMILES string of the molecule is CCC1CCCCC1C(NC)c1ccc(Cl)cc1. The maximum Gasteiger partial charge on any atom is 0.0406 e. The van der Waals surface area contributed by atoms with Crippen molar-refractivity contribution in [3.05, 3.63) is 34.9 Å². The highest BCUT2D eigenvalue weighted by Crippen LogP contribution is 2.40. The van der Waals surface area contributed by atoms with Crippen molar-refractivity contribution < 1.29 is 0 Å². The second-order valence-corrected chi connectivity index (χ2v) is 5.87. The zero-order valence-electron chi connectivity index (χ0n) is 11.5. The molecule has 100 valence electrons. The van der Waals surface area contributed by atoms with Crippen molar-refractivity contribution in [3.8, 4) is 0 Å². The molecule has 0 aromatic heterocycles. The Morgan fingerprint density at radius 2 is 1.89 bits per heavy atom. The number of halogens is 1. The highest BCUT2D eigenvalue weighted by Gasteiger charge is 2.30. The molecule has 0 aliphatic heterocycles. The zero-order valence-corrected chi connectivity index (χ0v) is 12.2. The van der Waals surface area contributed by atoms with Gasteiger partial charge in [-0.05, 0) is 43.0 Å². The highest BCUT2D eigenvalue weighted by atomic mass is 35.5. The van der Waals surface area contributed by atoms with Gasteiger partial charge in [0.15, 0.2) is 0 Å². The molecule has 0 radical (unpaired) electrons. The molecule has 3 atom stereocenters.